The average molecular weight is 392 g/mol. The van der Waals surface area contributed by atoms with Crippen molar-refractivity contribution >= 4 is 51.3 Å². The van der Waals surface area contributed by atoms with E-state index in [9.17, 15) is 9.18 Å². The predicted octanol–water partition coefficient (Wildman–Crippen LogP) is 4.73. The maximum atomic E-state index is 13.6. The van der Waals surface area contributed by atoms with Gasteiger partial charge in [0.05, 0.1) is 11.3 Å². The maximum absolute atomic E-state index is 13.6. The van der Waals surface area contributed by atoms with Crippen LogP contribution in [0.25, 0.3) is 11.3 Å². The van der Waals surface area contributed by atoms with Crippen molar-refractivity contribution in [1.82, 2.24) is 10.3 Å². The standard InChI is InChI=1S/C17H11ClFN3OS2/c18-11-7-5-10(6-8-11)14-9-25-17(20-14)22-16(24)21-15(23)12-3-1-2-4-13(12)19/h1-9H,(H2,20,21,22,23,24). The smallest absolute Gasteiger partial charge is 0.260 e. The fourth-order valence-corrected chi connectivity index (χ4v) is 3.13. The van der Waals surface area contributed by atoms with Gasteiger partial charge in [-0.2, -0.15) is 0 Å². The summed E-state index contributed by atoms with van der Waals surface area (Å²) in [5.41, 5.74) is 1.59. The summed E-state index contributed by atoms with van der Waals surface area (Å²) in [5, 5.41) is 8.32. The van der Waals surface area contributed by atoms with Gasteiger partial charge in [-0.1, -0.05) is 35.9 Å². The van der Waals surface area contributed by atoms with Crippen molar-refractivity contribution < 1.29 is 9.18 Å². The van der Waals surface area contributed by atoms with Crippen molar-refractivity contribution in [2.45, 2.75) is 0 Å². The first kappa shape index (κ1) is 17.5. The van der Waals surface area contributed by atoms with E-state index < -0.39 is 11.7 Å². The zero-order valence-electron chi connectivity index (χ0n) is 12.6. The van der Waals surface area contributed by atoms with Crippen molar-refractivity contribution in [3.63, 3.8) is 0 Å². The number of rotatable bonds is 3. The molecule has 8 heteroatoms. The first-order valence-corrected chi connectivity index (χ1v) is 8.78. The molecule has 0 bridgehead atoms. The third-order valence-corrected chi connectivity index (χ3v) is 4.42. The largest absolute Gasteiger partial charge is 0.308 e. The number of carbonyl (C=O) groups excluding carboxylic acids is 1. The highest BCUT2D eigenvalue weighted by Crippen LogP contribution is 2.25. The van der Waals surface area contributed by atoms with E-state index in [-0.39, 0.29) is 10.7 Å². The summed E-state index contributed by atoms with van der Waals surface area (Å²) in [4.78, 5) is 16.4. The first-order valence-electron chi connectivity index (χ1n) is 7.11. The monoisotopic (exact) mass is 391 g/mol. The molecule has 1 amide bonds. The van der Waals surface area contributed by atoms with Crippen molar-refractivity contribution in [2.75, 3.05) is 5.32 Å². The second-order valence-electron chi connectivity index (χ2n) is 4.93. The predicted molar refractivity (Wildman–Crippen MR) is 103 cm³/mol. The molecule has 3 rings (SSSR count). The number of amides is 1. The molecule has 0 atom stereocenters. The molecular weight excluding hydrogens is 381 g/mol. The second kappa shape index (κ2) is 7.69. The van der Waals surface area contributed by atoms with Gasteiger partial charge < -0.3 is 5.32 Å². The Labute approximate surface area is 157 Å². The molecule has 2 aromatic carbocycles. The van der Waals surface area contributed by atoms with Crippen LogP contribution >= 0.6 is 35.2 Å². The van der Waals surface area contributed by atoms with Crippen LogP contribution in [0.1, 0.15) is 10.4 Å². The molecule has 0 saturated carbocycles. The molecule has 1 aromatic heterocycles. The first-order chi connectivity index (χ1) is 12.0. The quantitative estimate of drug-likeness (QED) is 0.634. The number of carbonyl (C=O) groups is 1. The van der Waals surface area contributed by atoms with Gasteiger partial charge >= 0.3 is 0 Å². The van der Waals surface area contributed by atoms with Gasteiger partial charge in [0.15, 0.2) is 10.2 Å². The molecule has 0 spiro atoms. The van der Waals surface area contributed by atoms with Crippen LogP contribution in [0.3, 0.4) is 0 Å². The zero-order chi connectivity index (χ0) is 17.8. The van der Waals surface area contributed by atoms with Gasteiger partial charge in [0.2, 0.25) is 0 Å². The highest BCUT2D eigenvalue weighted by molar-refractivity contribution is 7.80. The number of hydrogen-bond acceptors (Lipinski definition) is 4. The molecule has 0 fully saturated rings. The van der Waals surface area contributed by atoms with E-state index in [4.69, 9.17) is 23.8 Å². The van der Waals surface area contributed by atoms with E-state index in [1.54, 1.807) is 18.2 Å². The summed E-state index contributed by atoms with van der Waals surface area (Å²) in [6, 6.07) is 13.0. The van der Waals surface area contributed by atoms with Crippen LogP contribution in [0.2, 0.25) is 5.02 Å². The average Bonchev–Trinajstić information content (AvgIpc) is 3.04. The molecule has 0 aliphatic carbocycles. The van der Waals surface area contributed by atoms with Gasteiger partial charge in [0.1, 0.15) is 5.82 Å². The number of benzene rings is 2. The number of thiocarbonyl (C=S) groups is 1. The van der Waals surface area contributed by atoms with Crippen LogP contribution < -0.4 is 10.6 Å². The summed E-state index contributed by atoms with van der Waals surface area (Å²) < 4.78 is 13.6. The Bertz CT molecular complexity index is 928. The van der Waals surface area contributed by atoms with Crippen LogP contribution in [0, 0.1) is 5.82 Å². The number of nitrogens with zero attached hydrogens (tertiary/aromatic N) is 1. The number of anilines is 1. The van der Waals surface area contributed by atoms with E-state index in [0.717, 1.165) is 11.3 Å². The fraction of sp³-hybridized carbons (Fsp3) is 0. The van der Waals surface area contributed by atoms with E-state index in [2.05, 4.69) is 15.6 Å². The Morgan fingerprint density at radius 1 is 1.16 bits per heavy atom. The summed E-state index contributed by atoms with van der Waals surface area (Å²) in [6.45, 7) is 0. The van der Waals surface area contributed by atoms with Gasteiger partial charge in [-0.15, -0.1) is 11.3 Å². The number of nitrogens with one attached hydrogen (secondary N) is 2. The van der Waals surface area contributed by atoms with Gasteiger partial charge in [0.25, 0.3) is 5.91 Å². The Morgan fingerprint density at radius 2 is 1.88 bits per heavy atom. The molecule has 0 aliphatic heterocycles. The van der Waals surface area contributed by atoms with Crippen molar-refractivity contribution in [2.24, 2.45) is 0 Å². The van der Waals surface area contributed by atoms with Crippen LogP contribution in [-0.2, 0) is 0 Å². The molecule has 0 aliphatic rings. The lowest BCUT2D eigenvalue weighted by molar-refractivity contribution is 0.0974. The lowest BCUT2D eigenvalue weighted by Crippen LogP contribution is -2.34. The molecule has 1 heterocycles. The molecule has 0 saturated heterocycles. The van der Waals surface area contributed by atoms with E-state index >= 15 is 0 Å². The summed E-state index contributed by atoms with van der Waals surface area (Å²) in [6.07, 6.45) is 0. The number of thiazole rings is 1. The lowest BCUT2D eigenvalue weighted by Gasteiger charge is -2.07. The maximum Gasteiger partial charge on any atom is 0.260 e. The van der Waals surface area contributed by atoms with Crippen molar-refractivity contribution in [3.05, 3.63) is 70.3 Å². The Balaban J connectivity index is 1.65. The highest BCUT2D eigenvalue weighted by atomic mass is 35.5. The second-order valence-corrected chi connectivity index (χ2v) is 6.64. The SMILES string of the molecule is O=C(NC(=S)Nc1nc(-c2ccc(Cl)cc2)cs1)c1ccccc1F. The molecular formula is C17H11ClFN3OS2. The lowest BCUT2D eigenvalue weighted by atomic mass is 10.2. The summed E-state index contributed by atoms with van der Waals surface area (Å²) in [7, 11) is 0. The summed E-state index contributed by atoms with van der Waals surface area (Å²) >= 11 is 12.3. The Morgan fingerprint density at radius 3 is 2.60 bits per heavy atom. The number of halogens is 2. The molecule has 25 heavy (non-hydrogen) atoms. The van der Waals surface area contributed by atoms with Gasteiger partial charge in [-0.05, 0) is 36.5 Å². The van der Waals surface area contributed by atoms with Crippen LogP contribution in [-0.4, -0.2) is 16.0 Å². The van der Waals surface area contributed by atoms with Crippen molar-refractivity contribution in [1.29, 1.82) is 0 Å². The van der Waals surface area contributed by atoms with Gasteiger partial charge in [-0.3, -0.25) is 10.1 Å². The molecule has 2 N–H and O–H groups in total. The molecule has 126 valence electrons. The minimum atomic E-state index is -0.620. The third-order valence-electron chi connectivity index (χ3n) is 3.21. The Hall–Kier alpha value is -2.35. The van der Waals surface area contributed by atoms with Crippen LogP contribution in [0.15, 0.2) is 53.9 Å². The minimum absolute atomic E-state index is 0.0465. The molecule has 3 aromatic rings. The highest BCUT2D eigenvalue weighted by Gasteiger charge is 2.13. The van der Waals surface area contributed by atoms with Crippen molar-refractivity contribution in [3.8, 4) is 11.3 Å². The Kier molecular flexibility index (Phi) is 5.37. The van der Waals surface area contributed by atoms with E-state index in [1.807, 2.05) is 17.5 Å². The van der Waals surface area contributed by atoms with Crippen LogP contribution in [0.4, 0.5) is 9.52 Å². The van der Waals surface area contributed by atoms with Gasteiger partial charge in [0, 0.05) is 16.0 Å². The summed E-state index contributed by atoms with van der Waals surface area (Å²) in [5.74, 6) is -1.23. The number of hydrogen-bond donors (Lipinski definition) is 2. The number of aromatic nitrogens is 1. The minimum Gasteiger partial charge on any atom is -0.308 e. The van der Waals surface area contributed by atoms with Crippen LogP contribution in [0.5, 0.6) is 0 Å². The molecule has 4 nitrogen and oxygen atoms in total. The third kappa shape index (κ3) is 4.39. The molecule has 0 unspecified atom stereocenters. The van der Waals surface area contributed by atoms with E-state index in [0.29, 0.717) is 10.2 Å². The zero-order valence-corrected chi connectivity index (χ0v) is 15.0. The topological polar surface area (TPSA) is 54.0 Å². The van der Waals surface area contributed by atoms with Gasteiger partial charge in [-0.25, -0.2) is 9.37 Å². The molecule has 0 radical (unpaired) electrons. The van der Waals surface area contributed by atoms with E-state index in [1.165, 1.54) is 29.5 Å². The fourth-order valence-electron chi connectivity index (χ4n) is 2.03. The normalized spacial score (nSPS) is 10.3.